The molecule has 16 heavy (non-hydrogen) atoms. The van der Waals surface area contributed by atoms with Crippen molar-refractivity contribution in [3.63, 3.8) is 0 Å². The van der Waals surface area contributed by atoms with E-state index >= 15 is 0 Å². The smallest absolute Gasteiger partial charge is 0.0532 e. The minimum absolute atomic E-state index is 1.30. The van der Waals surface area contributed by atoms with Gasteiger partial charge in [-0.2, -0.15) is 0 Å². The molecule has 0 radical (unpaired) electrons. The number of hydrogen-bond donors (Lipinski definition) is 0. The van der Waals surface area contributed by atoms with Crippen LogP contribution in [0, 0.1) is 0 Å². The fraction of sp³-hybridized carbons (Fsp3) is 0.214. The van der Waals surface area contributed by atoms with Crippen molar-refractivity contribution in [3.8, 4) is 0 Å². The van der Waals surface area contributed by atoms with Gasteiger partial charge in [0.25, 0.3) is 0 Å². The molecule has 0 saturated carbocycles. The lowest BCUT2D eigenvalue weighted by atomic mass is 10.2. The first kappa shape index (κ1) is 11.0. The van der Waals surface area contributed by atoms with Gasteiger partial charge in [0, 0.05) is 35.3 Å². The molecular weight excluding hydrogens is 214 g/mol. The topological polar surface area (TPSA) is 4.93 Å². The van der Waals surface area contributed by atoms with Gasteiger partial charge in [0.05, 0.1) is 4.70 Å². The van der Waals surface area contributed by atoms with Gasteiger partial charge in [-0.05, 0) is 18.2 Å². The Morgan fingerprint density at radius 2 is 2.06 bits per heavy atom. The number of fused-ring (bicyclic) bond motifs is 3. The lowest BCUT2D eigenvalue weighted by Crippen LogP contribution is -1.78. The molecule has 2 aromatic rings. The maximum Gasteiger partial charge on any atom is 0.0532 e. The Labute approximate surface area is 100 Å². The highest BCUT2D eigenvalue weighted by molar-refractivity contribution is 7.20. The highest BCUT2D eigenvalue weighted by Gasteiger charge is 2.09. The first-order valence-electron chi connectivity index (χ1n) is 5.52. The van der Waals surface area contributed by atoms with E-state index in [0.29, 0.717) is 0 Å². The minimum Gasteiger partial charge on any atom is -0.355 e. The van der Waals surface area contributed by atoms with Gasteiger partial charge in [0.1, 0.15) is 0 Å². The number of aryl methyl sites for hydroxylation is 1. The second-order valence-corrected chi connectivity index (χ2v) is 4.50. The van der Waals surface area contributed by atoms with E-state index in [2.05, 4.69) is 41.9 Å². The zero-order chi connectivity index (χ0) is 11.5. The molecule has 1 nitrogen and oxygen atoms in total. The van der Waals surface area contributed by atoms with E-state index in [-0.39, 0.29) is 0 Å². The molecule has 0 unspecified atom stereocenters. The molecule has 2 aromatic heterocycles. The van der Waals surface area contributed by atoms with Crippen molar-refractivity contribution in [1.29, 1.82) is 0 Å². The molecule has 0 aliphatic heterocycles. The average molecular weight is 229 g/mol. The van der Waals surface area contributed by atoms with E-state index in [4.69, 9.17) is 0 Å². The monoisotopic (exact) mass is 229 g/mol. The first-order valence-corrected chi connectivity index (χ1v) is 6.34. The lowest BCUT2D eigenvalue weighted by molar-refractivity contribution is 0.934. The fourth-order valence-electron chi connectivity index (χ4n) is 1.74. The van der Waals surface area contributed by atoms with Crippen LogP contribution in [-0.2, 0) is 7.05 Å². The highest BCUT2D eigenvalue weighted by atomic mass is 32.1. The molecule has 1 aliphatic carbocycles. The summed E-state index contributed by atoms with van der Waals surface area (Å²) in [6, 6.07) is 0. The third-order valence-corrected chi connectivity index (χ3v) is 3.48. The summed E-state index contributed by atoms with van der Waals surface area (Å²) in [5, 5.41) is 1.33. The third-order valence-electron chi connectivity index (χ3n) is 2.36. The predicted octanol–water partition coefficient (Wildman–Crippen LogP) is 4.46. The summed E-state index contributed by atoms with van der Waals surface area (Å²) >= 11 is 1.83. The molecule has 0 aromatic carbocycles. The van der Waals surface area contributed by atoms with Gasteiger partial charge in [0.15, 0.2) is 0 Å². The molecule has 0 spiro atoms. The van der Waals surface area contributed by atoms with Gasteiger partial charge >= 0.3 is 0 Å². The SMILES string of the molecule is CC.Cn1cc2sc3c(c2c1)C=C=CC=C3. The molecule has 82 valence electrons. The van der Waals surface area contributed by atoms with Crippen LogP contribution < -0.4 is 0 Å². The van der Waals surface area contributed by atoms with Crippen molar-refractivity contribution < 1.29 is 0 Å². The molecule has 2 heteroatoms. The van der Waals surface area contributed by atoms with Crippen LogP contribution in [0.4, 0.5) is 0 Å². The van der Waals surface area contributed by atoms with Crippen molar-refractivity contribution in [3.05, 3.63) is 40.7 Å². The van der Waals surface area contributed by atoms with Crippen LogP contribution >= 0.6 is 11.3 Å². The normalized spacial score (nSPS) is 12.2. The van der Waals surface area contributed by atoms with Crippen molar-refractivity contribution in [2.75, 3.05) is 0 Å². The second-order valence-electron chi connectivity index (χ2n) is 3.42. The molecule has 2 heterocycles. The van der Waals surface area contributed by atoms with Gasteiger partial charge in [-0.15, -0.1) is 17.1 Å². The Morgan fingerprint density at radius 1 is 1.25 bits per heavy atom. The van der Waals surface area contributed by atoms with E-state index in [9.17, 15) is 0 Å². The van der Waals surface area contributed by atoms with Crippen LogP contribution in [0.15, 0.2) is 30.3 Å². The van der Waals surface area contributed by atoms with Crippen molar-refractivity contribution in [1.82, 2.24) is 4.57 Å². The van der Waals surface area contributed by atoms with E-state index in [1.54, 1.807) is 0 Å². The summed E-state index contributed by atoms with van der Waals surface area (Å²) in [5.74, 6) is 0. The predicted molar refractivity (Wildman–Crippen MR) is 73.7 cm³/mol. The van der Waals surface area contributed by atoms with Crippen LogP contribution in [0.1, 0.15) is 24.3 Å². The summed E-state index contributed by atoms with van der Waals surface area (Å²) in [6.07, 6.45) is 12.5. The molecule has 0 amide bonds. The molecule has 0 bridgehead atoms. The standard InChI is InChI=1S/C12H9NS.C2H6/c1-13-7-10-9-5-3-2-4-6-11(9)14-12(10)8-13;1-2/h2,4-8H,1H3;1-2H3. The van der Waals surface area contributed by atoms with Crippen LogP contribution in [0.2, 0.25) is 0 Å². The quantitative estimate of drug-likeness (QED) is 0.588. The number of thiophene rings is 1. The van der Waals surface area contributed by atoms with Crippen molar-refractivity contribution >= 4 is 33.6 Å². The number of allylic oxidation sites excluding steroid dienone is 2. The average Bonchev–Trinajstić information content (AvgIpc) is 2.70. The van der Waals surface area contributed by atoms with Crippen LogP contribution in [0.25, 0.3) is 22.2 Å². The van der Waals surface area contributed by atoms with Crippen LogP contribution in [0.3, 0.4) is 0 Å². The van der Waals surface area contributed by atoms with Crippen molar-refractivity contribution in [2.45, 2.75) is 13.8 Å². The van der Waals surface area contributed by atoms with Gasteiger partial charge in [0.2, 0.25) is 0 Å². The molecule has 0 fully saturated rings. The van der Waals surface area contributed by atoms with Gasteiger partial charge in [-0.3, -0.25) is 0 Å². The number of nitrogens with zero attached hydrogens (tertiary/aromatic N) is 1. The van der Waals surface area contributed by atoms with E-state index in [0.717, 1.165) is 0 Å². The summed E-state index contributed by atoms with van der Waals surface area (Å²) < 4.78 is 3.45. The number of aromatic nitrogens is 1. The summed E-state index contributed by atoms with van der Waals surface area (Å²) in [7, 11) is 2.06. The Hall–Kier alpha value is -1.50. The summed E-state index contributed by atoms with van der Waals surface area (Å²) in [4.78, 5) is 1.33. The Morgan fingerprint density at radius 3 is 2.88 bits per heavy atom. The largest absolute Gasteiger partial charge is 0.355 e. The molecule has 3 rings (SSSR count). The number of hydrogen-bond acceptors (Lipinski definition) is 1. The van der Waals surface area contributed by atoms with Crippen LogP contribution in [-0.4, -0.2) is 4.57 Å². The molecule has 1 aliphatic rings. The van der Waals surface area contributed by atoms with E-state index in [1.165, 1.54) is 20.5 Å². The Bertz CT molecular complexity index is 590. The second kappa shape index (κ2) is 4.56. The molecule has 0 N–H and O–H groups in total. The third kappa shape index (κ3) is 1.78. The maximum absolute atomic E-state index is 3.15. The van der Waals surface area contributed by atoms with Gasteiger partial charge in [-0.25, -0.2) is 0 Å². The van der Waals surface area contributed by atoms with Gasteiger partial charge < -0.3 is 4.57 Å². The van der Waals surface area contributed by atoms with E-state index in [1.807, 2.05) is 37.3 Å². The van der Waals surface area contributed by atoms with Gasteiger partial charge in [-0.1, -0.05) is 19.9 Å². The fourth-order valence-corrected chi connectivity index (χ4v) is 2.90. The Balaban J connectivity index is 0.000000457. The van der Waals surface area contributed by atoms with Crippen LogP contribution in [0.5, 0.6) is 0 Å². The molecule has 0 atom stereocenters. The zero-order valence-corrected chi connectivity index (χ0v) is 10.6. The van der Waals surface area contributed by atoms with E-state index < -0.39 is 0 Å². The highest BCUT2D eigenvalue weighted by Crippen LogP contribution is 2.34. The lowest BCUT2D eigenvalue weighted by Gasteiger charge is -1.90. The maximum atomic E-state index is 3.15. The van der Waals surface area contributed by atoms with Crippen molar-refractivity contribution in [2.24, 2.45) is 7.05 Å². The number of rotatable bonds is 0. The summed E-state index contributed by atoms with van der Waals surface area (Å²) in [6.45, 7) is 4.00. The molecule has 0 saturated heterocycles. The molecular formula is C14H15NS. The first-order chi connectivity index (χ1) is 7.84. The minimum atomic E-state index is 1.30. The zero-order valence-electron chi connectivity index (χ0n) is 9.82. The Kier molecular flexibility index (Phi) is 3.14. The summed E-state index contributed by atoms with van der Waals surface area (Å²) in [5.41, 5.74) is 4.45.